The van der Waals surface area contributed by atoms with Crippen LogP contribution in [0.4, 0.5) is 0 Å². The van der Waals surface area contributed by atoms with Crippen LogP contribution in [0.25, 0.3) is 0 Å². The van der Waals surface area contributed by atoms with Gasteiger partial charge >= 0.3 is 0 Å². The first-order valence-electron chi connectivity index (χ1n) is 9.34. The highest BCUT2D eigenvalue weighted by Crippen LogP contribution is 2.37. The molecule has 140 valence electrons. The lowest BCUT2D eigenvalue weighted by Crippen LogP contribution is -2.66. The highest BCUT2D eigenvalue weighted by Gasteiger charge is 2.50. The number of benzene rings is 2. The lowest BCUT2D eigenvalue weighted by atomic mass is 10.1. The topological polar surface area (TPSA) is 29.5 Å². The zero-order chi connectivity index (χ0) is 19.2. The Labute approximate surface area is 159 Å². The maximum Gasteiger partial charge on any atom is 0.261 e. The first-order valence-corrected chi connectivity index (χ1v) is 11.2. The summed E-state index contributed by atoms with van der Waals surface area (Å²) >= 11 is 0. The standard InChI is InChI=1S/C23H32O2Si/c1-19(17-24)16-20(2)18-25-26(23(3,4)5,21-12-8-6-9-13-21)22-14-10-7-11-15-22/h6-16,20,24H,17-18H2,1-5H3/b19-16+/t20-/m1/s1. The summed E-state index contributed by atoms with van der Waals surface area (Å²) in [5.41, 5.74) is 0.989. The normalized spacial score (nSPS) is 14.3. The van der Waals surface area contributed by atoms with E-state index in [1.165, 1.54) is 10.4 Å². The summed E-state index contributed by atoms with van der Waals surface area (Å²) in [5, 5.41) is 11.9. The Balaban J connectivity index is 2.51. The largest absolute Gasteiger partial charge is 0.407 e. The Morgan fingerprint density at radius 1 is 1.00 bits per heavy atom. The number of rotatable bonds is 7. The SMILES string of the molecule is C/C(=C\[C@@H](C)CO[Si](c1ccccc1)(c1ccccc1)C(C)(C)C)CO. The molecule has 0 saturated heterocycles. The Kier molecular flexibility index (Phi) is 6.99. The fourth-order valence-corrected chi connectivity index (χ4v) is 8.27. The third-order valence-electron chi connectivity index (χ3n) is 4.80. The number of hydrogen-bond donors (Lipinski definition) is 1. The molecule has 0 amide bonds. The van der Waals surface area contributed by atoms with Gasteiger partial charge in [0.25, 0.3) is 8.32 Å². The zero-order valence-corrected chi connectivity index (χ0v) is 17.7. The molecule has 1 atom stereocenters. The molecule has 2 aromatic carbocycles. The molecule has 2 rings (SSSR count). The molecule has 0 spiro atoms. The molecule has 3 heteroatoms. The van der Waals surface area contributed by atoms with Crippen molar-refractivity contribution in [3.63, 3.8) is 0 Å². The van der Waals surface area contributed by atoms with Crippen molar-refractivity contribution in [2.75, 3.05) is 13.2 Å². The number of aliphatic hydroxyl groups is 1. The molecule has 0 radical (unpaired) electrons. The lowest BCUT2D eigenvalue weighted by molar-refractivity contribution is 0.266. The predicted octanol–water partition coefficient (Wildman–Crippen LogP) is 4.14. The van der Waals surface area contributed by atoms with Gasteiger partial charge in [0.2, 0.25) is 0 Å². The van der Waals surface area contributed by atoms with Crippen molar-refractivity contribution in [2.24, 2.45) is 5.92 Å². The molecular weight excluding hydrogens is 336 g/mol. The van der Waals surface area contributed by atoms with Crippen molar-refractivity contribution in [1.82, 2.24) is 0 Å². The summed E-state index contributed by atoms with van der Waals surface area (Å²) < 4.78 is 6.89. The zero-order valence-electron chi connectivity index (χ0n) is 16.7. The number of hydrogen-bond acceptors (Lipinski definition) is 2. The van der Waals surface area contributed by atoms with E-state index in [0.29, 0.717) is 6.61 Å². The van der Waals surface area contributed by atoms with Crippen LogP contribution in [0.15, 0.2) is 72.3 Å². The lowest BCUT2D eigenvalue weighted by Gasteiger charge is -2.43. The molecule has 2 nitrogen and oxygen atoms in total. The minimum Gasteiger partial charge on any atom is -0.407 e. The third-order valence-corrected chi connectivity index (χ3v) is 9.80. The van der Waals surface area contributed by atoms with E-state index in [1.807, 2.05) is 6.92 Å². The van der Waals surface area contributed by atoms with Crippen molar-refractivity contribution >= 4 is 18.7 Å². The first-order chi connectivity index (χ1) is 12.3. The predicted molar refractivity (Wildman–Crippen MR) is 114 cm³/mol. The van der Waals surface area contributed by atoms with Crippen molar-refractivity contribution in [3.05, 3.63) is 72.3 Å². The summed E-state index contributed by atoms with van der Waals surface area (Å²) in [6, 6.07) is 21.4. The van der Waals surface area contributed by atoms with Gasteiger partial charge in [0.05, 0.1) is 6.61 Å². The van der Waals surface area contributed by atoms with Gasteiger partial charge in [0.15, 0.2) is 0 Å². The van der Waals surface area contributed by atoms with Crippen molar-refractivity contribution in [3.8, 4) is 0 Å². The monoisotopic (exact) mass is 368 g/mol. The molecule has 0 aliphatic rings. The molecule has 0 aromatic heterocycles. The van der Waals surface area contributed by atoms with E-state index in [-0.39, 0.29) is 17.6 Å². The van der Waals surface area contributed by atoms with Crippen LogP contribution in [-0.2, 0) is 4.43 Å². The minimum atomic E-state index is -2.47. The van der Waals surface area contributed by atoms with Gasteiger partial charge in [-0.3, -0.25) is 0 Å². The number of aliphatic hydroxyl groups excluding tert-OH is 1. The third kappa shape index (κ3) is 4.53. The first kappa shape index (κ1) is 20.6. The molecular formula is C23H32O2Si. The smallest absolute Gasteiger partial charge is 0.261 e. The minimum absolute atomic E-state index is 0.00877. The molecule has 0 heterocycles. The van der Waals surface area contributed by atoms with E-state index >= 15 is 0 Å². The summed E-state index contributed by atoms with van der Waals surface area (Å²) in [6.07, 6.45) is 2.11. The molecule has 0 aliphatic carbocycles. The van der Waals surface area contributed by atoms with Gasteiger partial charge < -0.3 is 9.53 Å². The van der Waals surface area contributed by atoms with Crippen molar-refractivity contribution in [2.45, 2.75) is 39.7 Å². The molecule has 0 aliphatic heterocycles. The van der Waals surface area contributed by atoms with E-state index in [0.717, 1.165) is 5.57 Å². The van der Waals surface area contributed by atoms with Crippen LogP contribution in [0.5, 0.6) is 0 Å². The molecule has 1 N–H and O–H groups in total. The van der Waals surface area contributed by atoms with Crippen LogP contribution in [0.3, 0.4) is 0 Å². The maximum absolute atomic E-state index is 9.30. The second kappa shape index (κ2) is 8.80. The summed E-state index contributed by atoms with van der Waals surface area (Å²) in [6.45, 7) is 11.7. The Hall–Kier alpha value is -1.68. The molecule has 0 bridgehead atoms. The molecule has 2 aromatic rings. The second-order valence-electron chi connectivity index (χ2n) is 8.12. The highest BCUT2D eigenvalue weighted by atomic mass is 28.4. The summed E-state index contributed by atoms with van der Waals surface area (Å²) in [7, 11) is -2.47. The Morgan fingerprint density at radius 3 is 1.85 bits per heavy atom. The van der Waals surface area contributed by atoms with Crippen LogP contribution in [-0.4, -0.2) is 26.6 Å². The van der Waals surface area contributed by atoms with Crippen molar-refractivity contribution in [1.29, 1.82) is 0 Å². The van der Waals surface area contributed by atoms with Crippen LogP contribution >= 0.6 is 0 Å². The van der Waals surface area contributed by atoms with Crippen LogP contribution in [0.1, 0.15) is 34.6 Å². The second-order valence-corrected chi connectivity index (χ2v) is 12.4. The van der Waals surface area contributed by atoms with Crippen LogP contribution < -0.4 is 10.4 Å². The average molecular weight is 369 g/mol. The molecule has 0 unspecified atom stereocenters. The van der Waals surface area contributed by atoms with Gasteiger partial charge in [-0.1, -0.05) is 100 Å². The molecule has 26 heavy (non-hydrogen) atoms. The Bertz CT molecular complexity index is 662. The van der Waals surface area contributed by atoms with Crippen molar-refractivity contribution < 1.29 is 9.53 Å². The van der Waals surface area contributed by atoms with Gasteiger partial charge in [0, 0.05) is 6.61 Å². The summed E-state index contributed by atoms with van der Waals surface area (Å²) in [5.74, 6) is 0.254. The fraction of sp³-hybridized carbons (Fsp3) is 0.391. The van der Waals surface area contributed by atoms with E-state index in [1.54, 1.807) is 0 Å². The van der Waals surface area contributed by atoms with E-state index in [2.05, 4.69) is 94.4 Å². The van der Waals surface area contributed by atoms with E-state index in [9.17, 15) is 5.11 Å². The molecule has 0 saturated carbocycles. The van der Waals surface area contributed by atoms with Gasteiger partial charge in [-0.25, -0.2) is 0 Å². The summed E-state index contributed by atoms with van der Waals surface area (Å²) in [4.78, 5) is 0. The van der Waals surface area contributed by atoms with E-state index < -0.39 is 8.32 Å². The average Bonchev–Trinajstić information content (AvgIpc) is 2.62. The van der Waals surface area contributed by atoms with Gasteiger partial charge in [-0.05, 0) is 28.3 Å². The Morgan fingerprint density at radius 2 is 1.46 bits per heavy atom. The van der Waals surface area contributed by atoms with Gasteiger partial charge in [-0.15, -0.1) is 0 Å². The van der Waals surface area contributed by atoms with Crippen LogP contribution in [0, 0.1) is 5.92 Å². The van der Waals surface area contributed by atoms with Gasteiger partial charge in [-0.2, -0.15) is 0 Å². The maximum atomic E-state index is 9.30. The van der Waals surface area contributed by atoms with E-state index in [4.69, 9.17) is 4.43 Å². The molecule has 0 fully saturated rings. The van der Waals surface area contributed by atoms with Gasteiger partial charge in [0.1, 0.15) is 0 Å². The fourth-order valence-electron chi connectivity index (χ4n) is 3.60. The van der Waals surface area contributed by atoms with Crippen LogP contribution in [0.2, 0.25) is 5.04 Å². The highest BCUT2D eigenvalue weighted by molar-refractivity contribution is 6.99. The quantitative estimate of drug-likeness (QED) is 0.588.